The molecular formula is C16H27NO2. The molecule has 0 radical (unpaired) electrons. The number of rotatable bonds is 4. The van der Waals surface area contributed by atoms with Gasteiger partial charge < -0.3 is 10.4 Å². The predicted molar refractivity (Wildman–Crippen MR) is 76.7 cm³/mol. The summed E-state index contributed by atoms with van der Waals surface area (Å²) in [4.78, 5) is 11.9. The van der Waals surface area contributed by atoms with Gasteiger partial charge in [-0.3, -0.25) is 4.79 Å². The van der Waals surface area contributed by atoms with E-state index in [1.165, 1.54) is 0 Å². The molecule has 2 aliphatic rings. The normalized spacial score (nSPS) is 28.3. The van der Waals surface area contributed by atoms with E-state index in [4.69, 9.17) is 0 Å². The van der Waals surface area contributed by atoms with Gasteiger partial charge in [0.05, 0.1) is 5.60 Å². The number of amides is 1. The minimum atomic E-state index is -0.684. The molecule has 1 saturated carbocycles. The Kier molecular flexibility index (Phi) is 4.34. The lowest BCUT2D eigenvalue weighted by Gasteiger charge is -2.40. The van der Waals surface area contributed by atoms with E-state index < -0.39 is 5.60 Å². The van der Waals surface area contributed by atoms with Crippen molar-refractivity contribution in [2.75, 3.05) is 6.54 Å². The highest BCUT2D eigenvalue weighted by atomic mass is 16.3. The summed E-state index contributed by atoms with van der Waals surface area (Å²) in [6.07, 6.45) is 10.7. The zero-order valence-corrected chi connectivity index (χ0v) is 12.2. The fourth-order valence-electron chi connectivity index (χ4n) is 3.01. The molecule has 0 aromatic heterocycles. The Morgan fingerprint density at radius 2 is 2.00 bits per heavy atom. The van der Waals surface area contributed by atoms with Crippen molar-refractivity contribution in [1.29, 1.82) is 0 Å². The Labute approximate surface area is 116 Å². The molecule has 0 bridgehead atoms. The first-order chi connectivity index (χ1) is 8.89. The van der Waals surface area contributed by atoms with E-state index in [1.54, 1.807) is 0 Å². The zero-order valence-electron chi connectivity index (χ0n) is 12.2. The molecular weight excluding hydrogens is 238 g/mol. The van der Waals surface area contributed by atoms with Gasteiger partial charge in [-0.15, -0.1) is 0 Å². The van der Waals surface area contributed by atoms with Crippen molar-refractivity contribution in [1.82, 2.24) is 5.32 Å². The molecule has 1 amide bonds. The molecule has 1 atom stereocenters. The fourth-order valence-corrected chi connectivity index (χ4v) is 3.01. The SMILES string of the molecule is CC1(C)CCC(O)(CNC(=O)CC2C=CCC2)CC1. The second kappa shape index (κ2) is 5.66. The summed E-state index contributed by atoms with van der Waals surface area (Å²) >= 11 is 0. The van der Waals surface area contributed by atoms with E-state index in [2.05, 4.69) is 31.3 Å². The van der Waals surface area contributed by atoms with Gasteiger partial charge in [0.15, 0.2) is 0 Å². The number of nitrogens with one attached hydrogen (secondary N) is 1. The second-order valence-corrected chi connectivity index (χ2v) is 7.13. The molecule has 0 aromatic rings. The molecule has 0 aromatic carbocycles. The standard InChI is InChI=1S/C16H27NO2/c1-15(2)7-9-16(19,10-8-15)12-17-14(18)11-13-5-3-4-6-13/h3,5,13,19H,4,6-12H2,1-2H3,(H,17,18). The van der Waals surface area contributed by atoms with Crippen LogP contribution in [0.15, 0.2) is 12.2 Å². The second-order valence-electron chi connectivity index (χ2n) is 7.13. The summed E-state index contributed by atoms with van der Waals surface area (Å²) in [7, 11) is 0. The molecule has 0 heterocycles. The van der Waals surface area contributed by atoms with Crippen molar-refractivity contribution in [3.05, 3.63) is 12.2 Å². The van der Waals surface area contributed by atoms with E-state index in [9.17, 15) is 9.90 Å². The molecule has 2 aliphatic carbocycles. The molecule has 0 aliphatic heterocycles. The Bertz CT molecular complexity index is 350. The monoisotopic (exact) mass is 265 g/mol. The van der Waals surface area contributed by atoms with Crippen LogP contribution < -0.4 is 5.32 Å². The molecule has 0 spiro atoms. The molecule has 3 nitrogen and oxygen atoms in total. The van der Waals surface area contributed by atoms with E-state index in [-0.39, 0.29) is 5.91 Å². The van der Waals surface area contributed by atoms with E-state index >= 15 is 0 Å². The van der Waals surface area contributed by atoms with Crippen LogP contribution in [0.5, 0.6) is 0 Å². The lowest BCUT2D eigenvalue weighted by atomic mass is 9.71. The van der Waals surface area contributed by atoms with Gasteiger partial charge in [-0.05, 0) is 49.9 Å². The number of hydrogen-bond donors (Lipinski definition) is 2. The first-order valence-corrected chi connectivity index (χ1v) is 7.54. The number of aliphatic hydroxyl groups is 1. The first-order valence-electron chi connectivity index (χ1n) is 7.54. The van der Waals surface area contributed by atoms with Crippen molar-refractivity contribution in [2.24, 2.45) is 11.3 Å². The summed E-state index contributed by atoms with van der Waals surface area (Å²) in [5.41, 5.74) is -0.346. The summed E-state index contributed by atoms with van der Waals surface area (Å²) in [5.74, 6) is 0.481. The third-order valence-electron chi connectivity index (χ3n) is 4.71. The van der Waals surface area contributed by atoms with E-state index in [0.717, 1.165) is 38.5 Å². The van der Waals surface area contributed by atoms with Crippen LogP contribution in [0.25, 0.3) is 0 Å². The topological polar surface area (TPSA) is 49.3 Å². The third-order valence-corrected chi connectivity index (χ3v) is 4.71. The van der Waals surface area contributed by atoms with E-state index in [0.29, 0.717) is 24.3 Å². The minimum absolute atomic E-state index is 0.0785. The highest BCUT2D eigenvalue weighted by Crippen LogP contribution is 2.39. The molecule has 0 saturated heterocycles. The average Bonchev–Trinajstić information content (AvgIpc) is 2.84. The van der Waals surface area contributed by atoms with Gasteiger partial charge in [-0.2, -0.15) is 0 Å². The van der Waals surface area contributed by atoms with E-state index in [1.807, 2.05) is 0 Å². The van der Waals surface area contributed by atoms with Gasteiger partial charge in [0, 0.05) is 13.0 Å². The van der Waals surface area contributed by atoms with Crippen LogP contribution in [-0.2, 0) is 4.79 Å². The highest BCUT2D eigenvalue weighted by molar-refractivity contribution is 5.76. The minimum Gasteiger partial charge on any atom is -0.388 e. The Morgan fingerprint density at radius 3 is 2.58 bits per heavy atom. The number of allylic oxidation sites excluding steroid dienone is 2. The summed E-state index contributed by atoms with van der Waals surface area (Å²) in [5, 5.41) is 13.4. The van der Waals surface area contributed by atoms with Crippen molar-refractivity contribution in [3.63, 3.8) is 0 Å². The molecule has 19 heavy (non-hydrogen) atoms. The number of carbonyl (C=O) groups excluding carboxylic acids is 1. The molecule has 2 N–H and O–H groups in total. The number of hydrogen-bond acceptors (Lipinski definition) is 2. The van der Waals surface area contributed by atoms with Crippen LogP contribution in [-0.4, -0.2) is 23.2 Å². The van der Waals surface area contributed by atoms with Gasteiger partial charge in [0.1, 0.15) is 0 Å². The fraction of sp³-hybridized carbons (Fsp3) is 0.812. The van der Waals surface area contributed by atoms with Crippen LogP contribution in [0.1, 0.15) is 58.8 Å². The Balaban J connectivity index is 1.72. The van der Waals surface area contributed by atoms with Gasteiger partial charge in [0.25, 0.3) is 0 Å². The maximum Gasteiger partial charge on any atom is 0.220 e. The van der Waals surface area contributed by atoms with Gasteiger partial charge in [0.2, 0.25) is 5.91 Å². The maximum atomic E-state index is 11.9. The molecule has 2 rings (SSSR count). The Morgan fingerprint density at radius 1 is 1.32 bits per heavy atom. The van der Waals surface area contributed by atoms with Gasteiger partial charge >= 0.3 is 0 Å². The summed E-state index contributed by atoms with van der Waals surface area (Å²) in [6.45, 7) is 4.91. The highest BCUT2D eigenvalue weighted by Gasteiger charge is 2.36. The van der Waals surface area contributed by atoms with Crippen LogP contribution in [0.3, 0.4) is 0 Å². The van der Waals surface area contributed by atoms with Crippen molar-refractivity contribution < 1.29 is 9.90 Å². The van der Waals surface area contributed by atoms with Crippen molar-refractivity contribution in [2.45, 2.75) is 64.4 Å². The van der Waals surface area contributed by atoms with Gasteiger partial charge in [-0.1, -0.05) is 26.0 Å². The molecule has 1 unspecified atom stereocenters. The van der Waals surface area contributed by atoms with Crippen LogP contribution in [0.4, 0.5) is 0 Å². The van der Waals surface area contributed by atoms with Crippen molar-refractivity contribution in [3.8, 4) is 0 Å². The third kappa shape index (κ3) is 4.34. The lowest BCUT2D eigenvalue weighted by molar-refractivity contribution is -0.123. The quantitative estimate of drug-likeness (QED) is 0.768. The maximum absolute atomic E-state index is 11.9. The lowest BCUT2D eigenvalue weighted by Crippen LogP contribution is -2.46. The number of carbonyl (C=O) groups is 1. The van der Waals surface area contributed by atoms with Crippen LogP contribution >= 0.6 is 0 Å². The smallest absolute Gasteiger partial charge is 0.220 e. The Hall–Kier alpha value is -0.830. The predicted octanol–water partition coefficient (Wildman–Crippen LogP) is 2.79. The average molecular weight is 265 g/mol. The largest absolute Gasteiger partial charge is 0.388 e. The van der Waals surface area contributed by atoms with Crippen molar-refractivity contribution >= 4 is 5.91 Å². The van der Waals surface area contributed by atoms with Crippen LogP contribution in [0, 0.1) is 11.3 Å². The molecule has 1 fully saturated rings. The zero-order chi connectivity index (χ0) is 13.9. The summed E-state index contributed by atoms with van der Waals surface area (Å²) in [6, 6.07) is 0. The van der Waals surface area contributed by atoms with Crippen LogP contribution in [0.2, 0.25) is 0 Å². The molecule has 108 valence electrons. The molecule has 3 heteroatoms. The first kappa shape index (κ1) is 14.6. The summed E-state index contributed by atoms with van der Waals surface area (Å²) < 4.78 is 0. The van der Waals surface area contributed by atoms with Gasteiger partial charge in [-0.25, -0.2) is 0 Å².